The molecule has 0 atom stereocenters. The molecule has 0 bridgehead atoms. The molecule has 0 fully saturated rings. The van der Waals surface area contributed by atoms with Crippen molar-refractivity contribution in [2.24, 2.45) is 0 Å². The van der Waals surface area contributed by atoms with Crippen LogP contribution >= 0.6 is 58.0 Å². The lowest BCUT2D eigenvalue weighted by molar-refractivity contribution is -0.0841. The number of halogens is 8. The van der Waals surface area contributed by atoms with Gasteiger partial charge in [0.1, 0.15) is 9.52 Å². The highest BCUT2D eigenvalue weighted by Gasteiger charge is 2.30. The molecule has 0 radical (unpaired) electrons. The SMILES string of the molecule is C=C(Cl)C(F)(F)F.ClCC(Cl)=C(Cl)Cl. The number of alkyl halides is 4. The van der Waals surface area contributed by atoms with Crippen LogP contribution in [0.25, 0.3) is 0 Å². The molecule has 0 N–H and O–H groups in total. The lowest BCUT2D eigenvalue weighted by atomic mass is 10.6. The van der Waals surface area contributed by atoms with Gasteiger partial charge in [0, 0.05) is 0 Å². The maximum atomic E-state index is 10.9. The molecule has 0 nitrogen and oxygen atoms in total. The van der Waals surface area contributed by atoms with Gasteiger partial charge in [-0.3, -0.25) is 0 Å². The van der Waals surface area contributed by atoms with Crippen LogP contribution in [0.1, 0.15) is 0 Å². The van der Waals surface area contributed by atoms with Crippen LogP contribution in [0.5, 0.6) is 0 Å². The first-order valence-electron chi connectivity index (χ1n) is 2.80. The molecule has 0 spiro atoms. The third kappa shape index (κ3) is 10.8. The molecule has 0 aliphatic heterocycles. The Morgan fingerprint density at radius 3 is 1.36 bits per heavy atom. The Labute approximate surface area is 104 Å². The summed E-state index contributed by atoms with van der Waals surface area (Å²) in [7, 11) is 0. The first-order valence-corrected chi connectivity index (χ1v) is 4.84. The maximum Gasteiger partial charge on any atom is 0.426 e. The topological polar surface area (TPSA) is 0 Å². The molecule has 0 aromatic rings. The molecule has 0 saturated heterocycles. The second-order valence-electron chi connectivity index (χ2n) is 1.70. The van der Waals surface area contributed by atoms with Gasteiger partial charge in [-0.2, -0.15) is 13.2 Å². The van der Waals surface area contributed by atoms with E-state index >= 15 is 0 Å². The van der Waals surface area contributed by atoms with E-state index in [4.69, 9.17) is 46.4 Å². The van der Waals surface area contributed by atoms with E-state index in [9.17, 15) is 13.2 Å². The number of hydrogen-bond acceptors (Lipinski definition) is 0. The van der Waals surface area contributed by atoms with E-state index in [1.807, 2.05) is 0 Å². The van der Waals surface area contributed by atoms with Gasteiger partial charge in [0.05, 0.1) is 10.9 Å². The lowest BCUT2D eigenvalue weighted by Gasteiger charge is -1.98. The second-order valence-corrected chi connectivity index (χ2v) is 3.83. The van der Waals surface area contributed by atoms with Gasteiger partial charge in [0.25, 0.3) is 0 Å². The highest BCUT2D eigenvalue weighted by molar-refractivity contribution is 6.60. The van der Waals surface area contributed by atoms with E-state index in [1.165, 1.54) is 0 Å². The minimum atomic E-state index is -4.43. The molecular weight excluding hydrogens is 306 g/mol. The Morgan fingerprint density at radius 2 is 1.36 bits per heavy atom. The second kappa shape index (κ2) is 7.94. The molecule has 0 aliphatic carbocycles. The monoisotopic (exact) mass is 308 g/mol. The summed E-state index contributed by atoms with van der Waals surface area (Å²) in [6, 6.07) is 0. The summed E-state index contributed by atoms with van der Waals surface area (Å²) in [6.07, 6.45) is -4.43. The van der Waals surface area contributed by atoms with Crippen LogP contribution in [0.3, 0.4) is 0 Å². The highest BCUT2D eigenvalue weighted by atomic mass is 35.5. The normalized spacial score (nSPS) is 10.0. The summed E-state index contributed by atoms with van der Waals surface area (Å²) in [5.41, 5.74) is 0. The fraction of sp³-hybridized carbons (Fsp3) is 0.333. The van der Waals surface area contributed by atoms with Crippen LogP contribution < -0.4 is 0 Å². The van der Waals surface area contributed by atoms with E-state index in [0.29, 0.717) is 0 Å². The standard InChI is InChI=1S/C3H2Cl4.C3H2ClF3/c4-1-2(5)3(6)7;1-2(4)3(5,6)7/h2*1H2. The molecular formula is C6H4Cl5F3. The van der Waals surface area contributed by atoms with E-state index in [2.05, 4.69) is 18.2 Å². The summed E-state index contributed by atoms with van der Waals surface area (Å²) >= 11 is 25.2. The van der Waals surface area contributed by atoms with Crippen LogP contribution in [-0.4, -0.2) is 12.1 Å². The zero-order valence-electron chi connectivity index (χ0n) is 6.44. The van der Waals surface area contributed by atoms with Crippen molar-refractivity contribution < 1.29 is 13.2 Å². The molecule has 0 heterocycles. The van der Waals surface area contributed by atoms with Gasteiger partial charge in [-0.05, 0) is 0 Å². The predicted octanol–water partition coefficient (Wildman–Crippen LogP) is 5.41. The first-order chi connectivity index (χ1) is 6.12. The lowest BCUT2D eigenvalue weighted by Crippen LogP contribution is -2.04. The van der Waals surface area contributed by atoms with Crippen molar-refractivity contribution in [2.75, 3.05) is 5.88 Å². The fourth-order valence-electron chi connectivity index (χ4n) is 0.0505. The van der Waals surface area contributed by atoms with Gasteiger partial charge in [0.2, 0.25) is 0 Å². The van der Waals surface area contributed by atoms with Crippen molar-refractivity contribution in [3.8, 4) is 0 Å². The molecule has 14 heavy (non-hydrogen) atoms. The Balaban J connectivity index is 0. The van der Waals surface area contributed by atoms with Gasteiger partial charge >= 0.3 is 6.18 Å². The molecule has 0 saturated carbocycles. The summed E-state index contributed by atoms with van der Waals surface area (Å²) in [5.74, 6) is 0.171. The largest absolute Gasteiger partial charge is 0.426 e. The zero-order chi connectivity index (χ0) is 11.9. The van der Waals surface area contributed by atoms with Crippen LogP contribution in [0.2, 0.25) is 0 Å². The smallest absolute Gasteiger partial charge is 0.165 e. The van der Waals surface area contributed by atoms with Crippen molar-refractivity contribution in [3.63, 3.8) is 0 Å². The van der Waals surface area contributed by atoms with Gasteiger partial charge < -0.3 is 0 Å². The highest BCUT2D eigenvalue weighted by Crippen LogP contribution is 2.26. The van der Waals surface area contributed by atoms with Gasteiger partial charge in [-0.1, -0.05) is 53.0 Å². The summed E-state index contributed by atoms with van der Waals surface area (Å²) in [4.78, 5) is 0. The Hall–Kier alpha value is 0.720. The molecule has 0 unspecified atom stereocenters. The van der Waals surface area contributed by atoms with Crippen molar-refractivity contribution in [2.45, 2.75) is 6.18 Å². The van der Waals surface area contributed by atoms with Gasteiger partial charge in [-0.15, -0.1) is 11.6 Å². The van der Waals surface area contributed by atoms with Crippen molar-refractivity contribution in [1.82, 2.24) is 0 Å². The molecule has 0 aromatic heterocycles. The van der Waals surface area contributed by atoms with Gasteiger partial charge in [-0.25, -0.2) is 0 Å². The third-order valence-corrected chi connectivity index (χ3v) is 2.22. The van der Waals surface area contributed by atoms with Crippen LogP contribution in [0.4, 0.5) is 13.2 Å². The summed E-state index contributed by atoms with van der Waals surface area (Å²) in [6.45, 7) is 2.47. The molecule has 84 valence electrons. The Morgan fingerprint density at radius 1 is 1.07 bits per heavy atom. The Kier molecular flexibility index (Phi) is 9.71. The zero-order valence-corrected chi connectivity index (χ0v) is 10.2. The van der Waals surface area contributed by atoms with E-state index in [0.717, 1.165) is 0 Å². The minimum Gasteiger partial charge on any atom is -0.165 e. The minimum absolute atomic E-state index is 0.0386. The molecule has 0 amide bonds. The average molecular weight is 310 g/mol. The quantitative estimate of drug-likeness (QED) is 0.568. The fourth-order valence-corrected chi connectivity index (χ4v) is 0.455. The van der Waals surface area contributed by atoms with Gasteiger partial charge in [0.15, 0.2) is 0 Å². The number of rotatable bonds is 1. The molecule has 0 rings (SSSR count). The number of hydrogen-bond donors (Lipinski definition) is 0. The number of allylic oxidation sites excluding steroid dienone is 2. The van der Waals surface area contributed by atoms with Crippen LogP contribution in [0.15, 0.2) is 21.1 Å². The van der Waals surface area contributed by atoms with E-state index in [1.54, 1.807) is 0 Å². The van der Waals surface area contributed by atoms with E-state index in [-0.39, 0.29) is 15.4 Å². The molecule has 8 heteroatoms. The predicted molar refractivity (Wildman–Crippen MR) is 56.4 cm³/mol. The maximum absolute atomic E-state index is 10.9. The molecule has 0 aliphatic rings. The van der Waals surface area contributed by atoms with Crippen molar-refractivity contribution in [3.05, 3.63) is 21.1 Å². The van der Waals surface area contributed by atoms with E-state index < -0.39 is 11.2 Å². The summed E-state index contributed by atoms with van der Waals surface area (Å²) in [5, 5.41) is -1.00. The van der Waals surface area contributed by atoms with Crippen LogP contribution in [0, 0.1) is 0 Å². The average Bonchev–Trinajstić information content (AvgIpc) is 2.02. The van der Waals surface area contributed by atoms with Crippen molar-refractivity contribution >= 4 is 58.0 Å². The van der Waals surface area contributed by atoms with Crippen LogP contribution in [-0.2, 0) is 0 Å². The summed E-state index contributed by atoms with van der Waals surface area (Å²) < 4.78 is 32.9. The molecule has 0 aromatic carbocycles. The van der Waals surface area contributed by atoms with Crippen molar-refractivity contribution in [1.29, 1.82) is 0 Å². The Bertz CT molecular complexity index is 216. The third-order valence-electron chi connectivity index (χ3n) is 0.630. The first kappa shape index (κ1) is 17.1.